The van der Waals surface area contributed by atoms with Crippen LogP contribution in [0.25, 0.3) is 5.57 Å². The van der Waals surface area contributed by atoms with E-state index in [9.17, 15) is 9.59 Å². The minimum Gasteiger partial charge on any atom is -0.495 e. The molecule has 2 heterocycles. The van der Waals surface area contributed by atoms with E-state index in [1.54, 1.807) is 13.2 Å². The van der Waals surface area contributed by atoms with Crippen molar-refractivity contribution in [3.63, 3.8) is 0 Å². The summed E-state index contributed by atoms with van der Waals surface area (Å²) in [6.07, 6.45) is 0. The van der Waals surface area contributed by atoms with Crippen LogP contribution in [0.1, 0.15) is 16.0 Å². The first-order chi connectivity index (χ1) is 14.5. The fourth-order valence-electron chi connectivity index (χ4n) is 3.34. The quantitative estimate of drug-likeness (QED) is 0.543. The lowest BCUT2D eigenvalue weighted by Crippen LogP contribution is -2.32. The van der Waals surface area contributed by atoms with Crippen LogP contribution in [-0.4, -0.2) is 23.8 Å². The molecule has 152 valence electrons. The molecular formula is C23H19ClN2O3S. The first-order valence-electron chi connectivity index (χ1n) is 9.29. The van der Waals surface area contributed by atoms with Crippen molar-refractivity contribution in [3.8, 4) is 5.75 Å². The molecule has 3 aromatic rings. The maximum absolute atomic E-state index is 13.3. The normalized spacial score (nSPS) is 13.9. The summed E-state index contributed by atoms with van der Waals surface area (Å²) in [4.78, 5) is 28.6. The SMILES string of the molecule is COc1ccc(C)cc1NC1=C(c2cccs2)C(=O)N(Cc2ccccc2Cl)C1=O. The van der Waals surface area contributed by atoms with Crippen molar-refractivity contribution in [1.29, 1.82) is 0 Å². The maximum atomic E-state index is 13.3. The van der Waals surface area contributed by atoms with Crippen LogP contribution < -0.4 is 10.1 Å². The first kappa shape index (κ1) is 20.2. The van der Waals surface area contributed by atoms with E-state index in [0.29, 0.717) is 27.6 Å². The molecular weight excluding hydrogens is 420 g/mol. The number of carbonyl (C=O) groups is 2. The number of nitrogens with zero attached hydrogens (tertiary/aromatic N) is 1. The molecule has 7 heteroatoms. The molecule has 0 bridgehead atoms. The van der Waals surface area contributed by atoms with Crippen LogP contribution in [-0.2, 0) is 16.1 Å². The number of imide groups is 1. The summed E-state index contributed by atoms with van der Waals surface area (Å²) in [6.45, 7) is 2.05. The zero-order chi connectivity index (χ0) is 21.3. The molecule has 30 heavy (non-hydrogen) atoms. The van der Waals surface area contributed by atoms with Crippen molar-refractivity contribution >= 4 is 46.0 Å². The molecule has 0 spiro atoms. The summed E-state index contributed by atoms with van der Waals surface area (Å²) in [5, 5.41) is 5.55. The number of methoxy groups -OCH3 is 1. The van der Waals surface area contributed by atoms with Crippen molar-refractivity contribution in [2.24, 2.45) is 0 Å². The van der Waals surface area contributed by atoms with Gasteiger partial charge in [-0.3, -0.25) is 14.5 Å². The van der Waals surface area contributed by atoms with Gasteiger partial charge in [0.15, 0.2) is 0 Å². The fourth-order valence-corrected chi connectivity index (χ4v) is 4.30. The molecule has 0 fully saturated rings. The smallest absolute Gasteiger partial charge is 0.278 e. The zero-order valence-electron chi connectivity index (χ0n) is 16.4. The Kier molecular flexibility index (Phi) is 5.61. The van der Waals surface area contributed by atoms with Crippen LogP contribution >= 0.6 is 22.9 Å². The first-order valence-corrected chi connectivity index (χ1v) is 10.5. The molecule has 1 aliphatic rings. The Morgan fingerprint density at radius 3 is 2.57 bits per heavy atom. The van der Waals surface area contributed by atoms with Gasteiger partial charge in [-0.15, -0.1) is 11.3 Å². The van der Waals surface area contributed by atoms with Crippen molar-refractivity contribution < 1.29 is 14.3 Å². The van der Waals surface area contributed by atoms with Crippen molar-refractivity contribution in [1.82, 2.24) is 4.90 Å². The van der Waals surface area contributed by atoms with E-state index in [1.165, 1.54) is 16.2 Å². The number of hydrogen-bond donors (Lipinski definition) is 1. The van der Waals surface area contributed by atoms with Gasteiger partial charge in [0.05, 0.1) is 24.9 Å². The predicted octanol–water partition coefficient (Wildman–Crippen LogP) is 5.11. The highest BCUT2D eigenvalue weighted by Gasteiger charge is 2.40. The van der Waals surface area contributed by atoms with Gasteiger partial charge in [-0.2, -0.15) is 0 Å². The highest BCUT2D eigenvalue weighted by atomic mass is 35.5. The summed E-state index contributed by atoms with van der Waals surface area (Å²) in [6, 6.07) is 16.5. The molecule has 4 rings (SSSR count). The fraction of sp³-hybridized carbons (Fsp3) is 0.130. The van der Waals surface area contributed by atoms with Gasteiger partial charge in [0.1, 0.15) is 11.4 Å². The number of rotatable bonds is 6. The molecule has 1 N–H and O–H groups in total. The van der Waals surface area contributed by atoms with Gasteiger partial charge < -0.3 is 10.1 Å². The number of thiophene rings is 1. The Morgan fingerprint density at radius 2 is 1.87 bits per heavy atom. The number of hydrogen-bond acceptors (Lipinski definition) is 5. The van der Waals surface area contributed by atoms with Gasteiger partial charge in [0, 0.05) is 9.90 Å². The molecule has 5 nitrogen and oxygen atoms in total. The zero-order valence-corrected chi connectivity index (χ0v) is 18.0. The largest absolute Gasteiger partial charge is 0.495 e. The minimum atomic E-state index is -0.396. The van der Waals surface area contributed by atoms with Crippen molar-refractivity contribution in [2.45, 2.75) is 13.5 Å². The van der Waals surface area contributed by atoms with Crippen LogP contribution in [0.2, 0.25) is 5.02 Å². The second-order valence-corrected chi connectivity index (χ2v) is 8.20. The minimum absolute atomic E-state index is 0.0996. The Bertz CT molecular complexity index is 1160. The molecule has 0 aliphatic carbocycles. The van der Waals surface area contributed by atoms with E-state index >= 15 is 0 Å². The number of halogens is 1. The van der Waals surface area contributed by atoms with E-state index < -0.39 is 5.91 Å². The number of ether oxygens (including phenoxy) is 1. The number of amides is 2. The monoisotopic (exact) mass is 438 g/mol. The van der Waals surface area contributed by atoms with E-state index in [4.69, 9.17) is 16.3 Å². The Morgan fingerprint density at radius 1 is 1.07 bits per heavy atom. The Hall–Kier alpha value is -3.09. The lowest BCUT2D eigenvalue weighted by molar-refractivity contribution is -0.137. The number of nitrogens with one attached hydrogen (secondary N) is 1. The van der Waals surface area contributed by atoms with Crippen LogP contribution in [0.3, 0.4) is 0 Å². The van der Waals surface area contributed by atoms with Gasteiger partial charge >= 0.3 is 0 Å². The van der Waals surface area contributed by atoms with Crippen LogP contribution in [0.4, 0.5) is 5.69 Å². The summed E-state index contributed by atoms with van der Waals surface area (Å²) in [5.74, 6) is -0.160. The lowest BCUT2D eigenvalue weighted by Gasteiger charge is -2.17. The average Bonchev–Trinajstić information content (AvgIpc) is 3.33. The summed E-state index contributed by atoms with van der Waals surface area (Å²) in [7, 11) is 1.57. The number of anilines is 1. The predicted molar refractivity (Wildman–Crippen MR) is 120 cm³/mol. The van der Waals surface area contributed by atoms with Gasteiger partial charge in [0.2, 0.25) is 0 Å². The summed E-state index contributed by atoms with van der Waals surface area (Å²) in [5.41, 5.74) is 2.92. The molecule has 0 radical (unpaired) electrons. The third-order valence-electron chi connectivity index (χ3n) is 4.84. The molecule has 1 aromatic heterocycles. The summed E-state index contributed by atoms with van der Waals surface area (Å²) < 4.78 is 5.43. The van der Waals surface area contributed by atoms with Gasteiger partial charge in [-0.25, -0.2) is 0 Å². The topological polar surface area (TPSA) is 58.6 Å². The number of benzene rings is 2. The van der Waals surface area contributed by atoms with E-state index in [-0.39, 0.29) is 18.1 Å². The Balaban J connectivity index is 1.75. The standard InChI is InChI=1S/C23H19ClN2O3S/c1-14-9-10-18(29-2)17(12-14)25-21-20(19-8-5-11-30-19)22(27)26(23(21)28)13-15-6-3-4-7-16(15)24/h3-12,25H,13H2,1-2H3. The van der Waals surface area contributed by atoms with Crippen molar-refractivity contribution in [3.05, 3.63) is 86.7 Å². The highest BCUT2D eigenvalue weighted by molar-refractivity contribution is 7.11. The summed E-state index contributed by atoms with van der Waals surface area (Å²) >= 11 is 7.67. The van der Waals surface area contributed by atoms with E-state index in [2.05, 4.69) is 5.32 Å². The average molecular weight is 439 g/mol. The van der Waals surface area contributed by atoms with Gasteiger partial charge in [-0.1, -0.05) is 41.9 Å². The number of carbonyl (C=O) groups excluding carboxylic acids is 2. The molecule has 1 aliphatic heterocycles. The van der Waals surface area contributed by atoms with E-state index in [1.807, 2.05) is 60.8 Å². The van der Waals surface area contributed by atoms with Crippen LogP contribution in [0, 0.1) is 6.92 Å². The van der Waals surface area contributed by atoms with Gasteiger partial charge in [0.25, 0.3) is 11.8 Å². The third-order valence-corrected chi connectivity index (χ3v) is 6.09. The van der Waals surface area contributed by atoms with Gasteiger partial charge in [-0.05, 0) is 47.7 Å². The van der Waals surface area contributed by atoms with Crippen molar-refractivity contribution in [2.75, 3.05) is 12.4 Å². The Labute approximate surface area is 183 Å². The molecule has 0 saturated heterocycles. The molecule has 0 atom stereocenters. The third kappa shape index (κ3) is 3.72. The number of aryl methyl sites for hydroxylation is 1. The van der Waals surface area contributed by atoms with E-state index in [0.717, 1.165) is 10.4 Å². The second-order valence-electron chi connectivity index (χ2n) is 6.84. The molecule has 0 unspecified atom stereocenters. The second kappa shape index (κ2) is 8.34. The molecule has 2 aromatic carbocycles. The van der Waals surface area contributed by atoms with Crippen LogP contribution in [0.5, 0.6) is 5.75 Å². The lowest BCUT2D eigenvalue weighted by atomic mass is 10.1. The van der Waals surface area contributed by atoms with Crippen LogP contribution in [0.15, 0.2) is 65.7 Å². The maximum Gasteiger partial charge on any atom is 0.278 e. The molecule has 2 amide bonds. The highest BCUT2D eigenvalue weighted by Crippen LogP contribution is 2.36. The molecule has 0 saturated carbocycles.